The number of benzene rings is 2. The van der Waals surface area contributed by atoms with E-state index in [-0.39, 0.29) is 12.5 Å². The predicted octanol–water partition coefficient (Wildman–Crippen LogP) is 3.02. The maximum absolute atomic E-state index is 12.3. The van der Waals surface area contributed by atoms with Crippen molar-refractivity contribution in [2.75, 3.05) is 17.2 Å². The molecule has 5 heteroatoms. The summed E-state index contributed by atoms with van der Waals surface area (Å²) in [4.78, 5) is 12.3. The van der Waals surface area contributed by atoms with E-state index in [0.29, 0.717) is 18.0 Å². The van der Waals surface area contributed by atoms with E-state index >= 15 is 0 Å². The van der Waals surface area contributed by atoms with Crippen LogP contribution in [0.5, 0.6) is 5.75 Å². The summed E-state index contributed by atoms with van der Waals surface area (Å²) in [5, 5.41) is 15.2. The number of rotatable bonds is 7. The molecule has 2 aromatic carbocycles. The molecule has 0 bridgehead atoms. The van der Waals surface area contributed by atoms with Gasteiger partial charge in [0.25, 0.3) is 0 Å². The fraction of sp³-hybridized carbons (Fsp3) is 0.278. The smallest absolute Gasteiger partial charge is 0.246 e. The van der Waals surface area contributed by atoms with Crippen LogP contribution in [-0.2, 0) is 11.4 Å². The Hall–Kier alpha value is -2.53. The number of anilines is 2. The van der Waals surface area contributed by atoms with E-state index in [9.17, 15) is 4.79 Å². The largest absolute Gasteiger partial charge is 0.492 e. The van der Waals surface area contributed by atoms with Crippen molar-refractivity contribution in [3.8, 4) is 5.75 Å². The van der Waals surface area contributed by atoms with Gasteiger partial charge in [0.15, 0.2) is 0 Å². The molecule has 0 saturated heterocycles. The van der Waals surface area contributed by atoms with Crippen LogP contribution in [0.2, 0.25) is 0 Å². The molecule has 2 aromatic rings. The molecule has 0 fully saturated rings. The zero-order valence-electron chi connectivity index (χ0n) is 13.4. The third-order valence-corrected chi connectivity index (χ3v) is 3.33. The Bertz CT molecular complexity index is 658. The Kier molecular flexibility index (Phi) is 6.00. The van der Waals surface area contributed by atoms with E-state index in [1.807, 2.05) is 55.5 Å². The summed E-state index contributed by atoms with van der Waals surface area (Å²) >= 11 is 0. The summed E-state index contributed by atoms with van der Waals surface area (Å²) in [6.45, 7) is 4.19. The number of nitrogens with one attached hydrogen (secondary N) is 2. The summed E-state index contributed by atoms with van der Waals surface area (Å²) in [6.07, 6.45) is 0. The van der Waals surface area contributed by atoms with E-state index in [4.69, 9.17) is 9.84 Å². The van der Waals surface area contributed by atoms with Crippen LogP contribution in [0.1, 0.15) is 19.4 Å². The molecule has 1 unspecified atom stereocenters. The highest BCUT2D eigenvalue weighted by Crippen LogP contribution is 2.24. The molecule has 0 radical (unpaired) electrons. The van der Waals surface area contributed by atoms with Gasteiger partial charge in [-0.15, -0.1) is 0 Å². The van der Waals surface area contributed by atoms with Crippen LogP contribution in [0.4, 0.5) is 11.4 Å². The highest BCUT2D eigenvalue weighted by atomic mass is 16.5. The van der Waals surface area contributed by atoms with E-state index in [0.717, 1.165) is 11.3 Å². The molecule has 0 aliphatic carbocycles. The van der Waals surface area contributed by atoms with Gasteiger partial charge >= 0.3 is 0 Å². The Morgan fingerprint density at radius 3 is 2.74 bits per heavy atom. The van der Waals surface area contributed by atoms with Crippen LogP contribution < -0.4 is 15.4 Å². The van der Waals surface area contributed by atoms with Crippen molar-refractivity contribution in [1.82, 2.24) is 0 Å². The molecular formula is C18H22N2O3. The topological polar surface area (TPSA) is 70.6 Å². The lowest BCUT2D eigenvalue weighted by atomic mass is 10.2. The van der Waals surface area contributed by atoms with Crippen LogP contribution >= 0.6 is 0 Å². The number of aliphatic hydroxyl groups excluding tert-OH is 1. The van der Waals surface area contributed by atoms with Crippen LogP contribution in [-0.4, -0.2) is 23.7 Å². The SMILES string of the molecule is CCOc1ccccc1NC(=O)C(C)Nc1cccc(CO)c1. The average Bonchev–Trinajstić information content (AvgIpc) is 2.57. The maximum Gasteiger partial charge on any atom is 0.246 e. The van der Waals surface area contributed by atoms with Gasteiger partial charge in [-0.25, -0.2) is 0 Å². The van der Waals surface area contributed by atoms with Crippen molar-refractivity contribution < 1.29 is 14.6 Å². The monoisotopic (exact) mass is 314 g/mol. The molecule has 23 heavy (non-hydrogen) atoms. The Balaban J connectivity index is 2.02. The molecule has 1 amide bonds. The lowest BCUT2D eigenvalue weighted by Gasteiger charge is -2.17. The second kappa shape index (κ2) is 8.19. The number of hydrogen-bond acceptors (Lipinski definition) is 4. The molecule has 0 aliphatic heterocycles. The number of aliphatic hydroxyl groups is 1. The fourth-order valence-corrected chi connectivity index (χ4v) is 2.17. The summed E-state index contributed by atoms with van der Waals surface area (Å²) < 4.78 is 5.50. The Morgan fingerprint density at radius 2 is 2.00 bits per heavy atom. The van der Waals surface area contributed by atoms with E-state index in [2.05, 4.69) is 10.6 Å². The Morgan fingerprint density at radius 1 is 1.22 bits per heavy atom. The lowest BCUT2D eigenvalue weighted by molar-refractivity contribution is -0.116. The van der Waals surface area contributed by atoms with Gasteiger partial charge in [0, 0.05) is 5.69 Å². The van der Waals surface area contributed by atoms with Crippen LogP contribution in [0.25, 0.3) is 0 Å². The minimum absolute atomic E-state index is 0.0299. The first-order chi connectivity index (χ1) is 11.1. The molecule has 0 heterocycles. The first-order valence-electron chi connectivity index (χ1n) is 7.63. The van der Waals surface area contributed by atoms with Gasteiger partial charge in [0.05, 0.1) is 18.9 Å². The van der Waals surface area contributed by atoms with Crippen LogP contribution in [0.15, 0.2) is 48.5 Å². The summed E-state index contributed by atoms with van der Waals surface area (Å²) in [6, 6.07) is 14.2. The molecule has 3 N–H and O–H groups in total. The molecular weight excluding hydrogens is 292 g/mol. The quantitative estimate of drug-likeness (QED) is 0.735. The van der Waals surface area contributed by atoms with Gasteiger partial charge in [-0.3, -0.25) is 4.79 Å². The van der Waals surface area contributed by atoms with Gasteiger partial charge in [0.1, 0.15) is 11.8 Å². The zero-order valence-corrected chi connectivity index (χ0v) is 13.4. The first-order valence-corrected chi connectivity index (χ1v) is 7.63. The van der Waals surface area contributed by atoms with Gasteiger partial charge in [-0.2, -0.15) is 0 Å². The van der Waals surface area contributed by atoms with E-state index < -0.39 is 6.04 Å². The second-order valence-corrected chi connectivity index (χ2v) is 5.14. The maximum atomic E-state index is 12.3. The van der Waals surface area contributed by atoms with Gasteiger partial charge < -0.3 is 20.5 Å². The Labute approximate surface area is 136 Å². The first kappa shape index (κ1) is 16.8. The molecule has 0 aromatic heterocycles. The van der Waals surface area contributed by atoms with E-state index in [1.165, 1.54) is 0 Å². The van der Waals surface area contributed by atoms with Gasteiger partial charge in [0.2, 0.25) is 5.91 Å². The normalized spacial score (nSPS) is 11.6. The number of para-hydroxylation sites is 2. The van der Waals surface area contributed by atoms with Gasteiger partial charge in [-0.05, 0) is 43.7 Å². The third-order valence-electron chi connectivity index (χ3n) is 3.33. The minimum atomic E-state index is -0.432. The fourth-order valence-electron chi connectivity index (χ4n) is 2.17. The summed E-state index contributed by atoms with van der Waals surface area (Å²) in [5.74, 6) is 0.490. The standard InChI is InChI=1S/C18H22N2O3/c1-3-23-17-10-5-4-9-16(17)20-18(22)13(2)19-15-8-6-7-14(11-15)12-21/h4-11,13,19,21H,3,12H2,1-2H3,(H,20,22). The minimum Gasteiger partial charge on any atom is -0.492 e. The summed E-state index contributed by atoms with van der Waals surface area (Å²) in [5.41, 5.74) is 2.23. The number of amides is 1. The van der Waals surface area contributed by atoms with Gasteiger partial charge in [-0.1, -0.05) is 24.3 Å². The average molecular weight is 314 g/mol. The molecule has 2 rings (SSSR count). The highest BCUT2D eigenvalue weighted by Gasteiger charge is 2.14. The highest BCUT2D eigenvalue weighted by molar-refractivity contribution is 5.97. The molecule has 1 atom stereocenters. The van der Waals surface area contributed by atoms with Crippen molar-refractivity contribution >= 4 is 17.3 Å². The summed E-state index contributed by atoms with van der Waals surface area (Å²) in [7, 11) is 0. The second-order valence-electron chi connectivity index (χ2n) is 5.14. The molecule has 0 aliphatic rings. The van der Waals surface area contributed by atoms with Crippen molar-refractivity contribution in [2.45, 2.75) is 26.5 Å². The van der Waals surface area contributed by atoms with Crippen molar-refractivity contribution in [1.29, 1.82) is 0 Å². The molecule has 0 saturated carbocycles. The number of ether oxygens (including phenoxy) is 1. The van der Waals surface area contributed by atoms with Crippen molar-refractivity contribution in [2.24, 2.45) is 0 Å². The zero-order chi connectivity index (χ0) is 16.7. The number of carbonyl (C=O) groups excluding carboxylic acids is 1. The molecule has 122 valence electrons. The third kappa shape index (κ3) is 4.72. The molecule has 5 nitrogen and oxygen atoms in total. The van der Waals surface area contributed by atoms with Crippen LogP contribution in [0, 0.1) is 0 Å². The lowest BCUT2D eigenvalue weighted by Crippen LogP contribution is -2.32. The molecule has 0 spiro atoms. The number of carbonyl (C=O) groups is 1. The van der Waals surface area contributed by atoms with E-state index in [1.54, 1.807) is 6.92 Å². The van der Waals surface area contributed by atoms with Crippen molar-refractivity contribution in [3.63, 3.8) is 0 Å². The predicted molar refractivity (Wildman–Crippen MR) is 91.7 cm³/mol. The number of hydrogen-bond donors (Lipinski definition) is 3. The van der Waals surface area contributed by atoms with Crippen molar-refractivity contribution in [3.05, 3.63) is 54.1 Å². The van der Waals surface area contributed by atoms with Crippen LogP contribution in [0.3, 0.4) is 0 Å².